The van der Waals surface area contributed by atoms with E-state index >= 15 is 0 Å². The number of hydrazine groups is 1. The predicted octanol–water partition coefficient (Wildman–Crippen LogP) is 1.53. The van der Waals surface area contributed by atoms with Crippen LogP contribution in [0.5, 0.6) is 5.75 Å². The van der Waals surface area contributed by atoms with Crippen molar-refractivity contribution in [3.63, 3.8) is 0 Å². The number of hydrogen-bond acceptors (Lipinski definition) is 5. The summed E-state index contributed by atoms with van der Waals surface area (Å²) in [7, 11) is -1.90. The van der Waals surface area contributed by atoms with Crippen molar-refractivity contribution in [1.29, 1.82) is 0 Å². The van der Waals surface area contributed by atoms with Crippen molar-refractivity contribution in [2.45, 2.75) is 9.79 Å². The molecule has 2 aromatic carbocycles. The molecule has 5 nitrogen and oxygen atoms in total. The lowest BCUT2D eigenvalue weighted by Gasteiger charge is -2.12. The molecule has 0 radical (unpaired) electrons. The van der Waals surface area contributed by atoms with Gasteiger partial charge in [0.15, 0.2) is 0 Å². The number of anilines is 1. The molecule has 19 heavy (non-hydrogen) atoms. The zero-order chi connectivity index (χ0) is 14.0. The molecule has 0 saturated heterocycles. The van der Waals surface area contributed by atoms with Crippen molar-refractivity contribution in [1.82, 2.24) is 0 Å². The number of hydrogen-bond donors (Lipinski definition) is 2. The maximum atomic E-state index is 12.3. The third kappa shape index (κ3) is 2.69. The lowest BCUT2D eigenvalue weighted by molar-refractivity contribution is 0.475. The number of aromatic hydroxyl groups is 1. The Morgan fingerprint density at radius 2 is 1.37 bits per heavy atom. The fourth-order valence-corrected chi connectivity index (χ4v) is 2.88. The van der Waals surface area contributed by atoms with E-state index in [4.69, 9.17) is 5.84 Å². The summed E-state index contributed by atoms with van der Waals surface area (Å²) in [6.45, 7) is 0. The second kappa shape index (κ2) is 4.91. The summed E-state index contributed by atoms with van der Waals surface area (Å²) in [5.74, 6) is 5.58. The van der Waals surface area contributed by atoms with E-state index in [-0.39, 0.29) is 15.5 Å². The van der Waals surface area contributed by atoms with Crippen molar-refractivity contribution >= 4 is 15.5 Å². The molecule has 2 aromatic rings. The lowest BCUT2D eigenvalue weighted by Crippen LogP contribution is -2.24. The molecule has 6 heteroatoms. The average molecular weight is 278 g/mol. The molecule has 2 rings (SSSR count). The highest BCUT2D eigenvalue weighted by Crippen LogP contribution is 2.24. The first-order valence-electron chi connectivity index (χ1n) is 5.54. The van der Waals surface area contributed by atoms with Crippen LogP contribution in [0.4, 0.5) is 5.69 Å². The van der Waals surface area contributed by atoms with Crippen molar-refractivity contribution in [2.24, 2.45) is 5.84 Å². The zero-order valence-corrected chi connectivity index (χ0v) is 11.1. The molecule has 0 aliphatic heterocycles. The van der Waals surface area contributed by atoms with Crippen LogP contribution in [-0.2, 0) is 9.84 Å². The van der Waals surface area contributed by atoms with Crippen LogP contribution in [0.1, 0.15) is 0 Å². The van der Waals surface area contributed by atoms with E-state index in [1.807, 2.05) is 0 Å². The van der Waals surface area contributed by atoms with Crippen LogP contribution in [0.2, 0.25) is 0 Å². The highest BCUT2D eigenvalue weighted by atomic mass is 32.2. The number of benzene rings is 2. The van der Waals surface area contributed by atoms with E-state index < -0.39 is 9.84 Å². The summed E-state index contributed by atoms with van der Waals surface area (Å²) in [6, 6.07) is 11.7. The van der Waals surface area contributed by atoms with Crippen LogP contribution in [0.15, 0.2) is 58.3 Å². The molecule has 0 aliphatic carbocycles. The van der Waals surface area contributed by atoms with Gasteiger partial charge in [-0.05, 0) is 48.5 Å². The molecule has 0 aromatic heterocycles. The Balaban J connectivity index is 2.42. The first-order valence-corrected chi connectivity index (χ1v) is 7.02. The summed E-state index contributed by atoms with van der Waals surface area (Å²) in [4.78, 5) is 0.322. The van der Waals surface area contributed by atoms with Crippen LogP contribution >= 0.6 is 0 Å². The summed E-state index contributed by atoms with van der Waals surface area (Å²) < 4.78 is 24.6. The molecule has 0 heterocycles. The number of phenols is 1. The monoisotopic (exact) mass is 278 g/mol. The third-order valence-electron chi connectivity index (χ3n) is 2.70. The van der Waals surface area contributed by atoms with Gasteiger partial charge in [-0.3, -0.25) is 0 Å². The summed E-state index contributed by atoms with van der Waals surface area (Å²) in [5.41, 5.74) is 0.713. The second-order valence-corrected chi connectivity index (χ2v) is 6.05. The van der Waals surface area contributed by atoms with Crippen LogP contribution in [-0.4, -0.2) is 20.6 Å². The van der Waals surface area contributed by atoms with E-state index in [2.05, 4.69) is 0 Å². The predicted molar refractivity (Wildman–Crippen MR) is 72.6 cm³/mol. The Kier molecular flexibility index (Phi) is 3.46. The standard InChI is InChI=1S/C13H14N2O3S/c1-15(14)10-2-6-12(7-3-10)19(17,18)13-8-4-11(16)5-9-13/h2-9,16H,14H2,1H3. The smallest absolute Gasteiger partial charge is 0.206 e. The highest BCUT2D eigenvalue weighted by Gasteiger charge is 2.17. The highest BCUT2D eigenvalue weighted by molar-refractivity contribution is 7.91. The average Bonchev–Trinajstić information content (AvgIpc) is 2.39. The Hall–Kier alpha value is -2.05. The molecule has 0 bridgehead atoms. The van der Waals surface area contributed by atoms with Crippen LogP contribution < -0.4 is 10.9 Å². The molecule has 0 unspecified atom stereocenters. The largest absolute Gasteiger partial charge is 0.508 e. The minimum Gasteiger partial charge on any atom is -0.508 e. The van der Waals surface area contributed by atoms with Gasteiger partial charge in [-0.2, -0.15) is 0 Å². The molecule has 0 atom stereocenters. The first kappa shape index (κ1) is 13.4. The Morgan fingerprint density at radius 3 is 1.79 bits per heavy atom. The molecule has 0 aliphatic rings. The first-order chi connectivity index (χ1) is 8.91. The molecule has 0 amide bonds. The van der Waals surface area contributed by atoms with Gasteiger partial charge < -0.3 is 10.1 Å². The minimum atomic E-state index is -3.57. The number of sulfone groups is 1. The van der Waals surface area contributed by atoms with Crippen LogP contribution in [0, 0.1) is 0 Å². The molecule has 0 fully saturated rings. The number of nitrogens with two attached hydrogens (primary N) is 1. The number of rotatable bonds is 3. The molecule has 3 N–H and O–H groups in total. The molecule has 100 valence electrons. The topological polar surface area (TPSA) is 83.6 Å². The summed E-state index contributed by atoms with van der Waals surface area (Å²) >= 11 is 0. The summed E-state index contributed by atoms with van der Waals surface area (Å²) in [5, 5.41) is 10.6. The van der Waals surface area contributed by atoms with Gasteiger partial charge in [0, 0.05) is 7.05 Å². The van der Waals surface area contributed by atoms with E-state index in [0.717, 1.165) is 0 Å². The molecule has 0 spiro atoms. The number of phenolic OH excluding ortho intramolecular Hbond substituents is 1. The SMILES string of the molecule is CN(N)c1ccc(S(=O)(=O)c2ccc(O)cc2)cc1. The van der Waals surface area contributed by atoms with Gasteiger partial charge in [-0.15, -0.1) is 0 Å². The van der Waals surface area contributed by atoms with Gasteiger partial charge in [0.1, 0.15) is 5.75 Å². The van der Waals surface area contributed by atoms with Gasteiger partial charge in [0.05, 0.1) is 15.5 Å². The van der Waals surface area contributed by atoms with Crippen molar-refractivity contribution in [3.8, 4) is 5.75 Å². The second-order valence-electron chi connectivity index (χ2n) is 4.10. The molecular weight excluding hydrogens is 264 g/mol. The Labute approximate surface area is 111 Å². The minimum absolute atomic E-state index is 0.0269. The fourth-order valence-electron chi connectivity index (χ4n) is 1.62. The van der Waals surface area contributed by atoms with Gasteiger partial charge in [0.2, 0.25) is 9.84 Å². The van der Waals surface area contributed by atoms with Gasteiger partial charge in [0.25, 0.3) is 0 Å². The maximum Gasteiger partial charge on any atom is 0.206 e. The third-order valence-corrected chi connectivity index (χ3v) is 4.49. The van der Waals surface area contributed by atoms with Crippen molar-refractivity contribution in [2.75, 3.05) is 12.1 Å². The van der Waals surface area contributed by atoms with E-state index in [1.54, 1.807) is 19.2 Å². The van der Waals surface area contributed by atoms with Crippen LogP contribution in [0.3, 0.4) is 0 Å². The zero-order valence-electron chi connectivity index (χ0n) is 10.3. The lowest BCUT2D eigenvalue weighted by atomic mass is 10.3. The van der Waals surface area contributed by atoms with Gasteiger partial charge in [-0.1, -0.05) is 0 Å². The van der Waals surface area contributed by atoms with Gasteiger partial charge >= 0.3 is 0 Å². The van der Waals surface area contributed by atoms with Crippen molar-refractivity contribution < 1.29 is 13.5 Å². The molecular formula is C13H14N2O3S. The maximum absolute atomic E-state index is 12.3. The normalized spacial score (nSPS) is 11.3. The number of nitrogens with zero attached hydrogens (tertiary/aromatic N) is 1. The fraction of sp³-hybridized carbons (Fsp3) is 0.0769. The molecule has 0 saturated carbocycles. The van der Waals surface area contributed by atoms with E-state index in [9.17, 15) is 13.5 Å². The van der Waals surface area contributed by atoms with Gasteiger partial charge in [-0.25, -0.2) is 14.3 Å². The van der Waals surface area contributed by atoms with E-state index in [0.29, 0.717) is 5.69 Å². The van der Waals surface area contributed by atoms with Crippen molar-refractivity contribution in [3.05, 3.63) is 48.5 Å². The quantitative estimate of drug-likeness (QED) is 0.657. The summed E-state index contributed by atoms with van der Waals surface area (Å²) in [6.07, 6.45) is 0. The van der Waals surface area contributed by atoms with Crippen LogP contribution in [0.25, 0.3) is 0 Å². The Bertz CT molecular complexity index is 662. The Morgan fingerprint density at radius 1 is 0.947 bits per heavy atom. The van der Waals surface area contributed by atoms with E-state index in [1.165, 1.54) is 41.4 Å².